The Balaban J connectivity index is 2.62. The molecule has 0 aliphatic rings. The third-order valence-corrected chi connectivity index (χ3v) is 5.69. The lowest BCUT2D eigenvalue weighted by Gasteiger charge is -2.19. The first-order valence-corrected chi connectivity index (χ1v) is 8.00. The molecule has 4 nitrogen and oxygen atoms in total. The van der Waals surface area contributed by atoms with Gasteiger partial charge in [0.15, 0.2) is 9.84 Å². The van der Waals surface area contributed by atoms with Gasteiger partial charge in [-0.05, 0) is 39.0 Å². The lowest BCUT2D eigenvalue weighted by Crippen LogP contribution is -2.32. The van der Waals surface area contributed by atoms with Crippen LogP contribution in [0.25, 0.3) is 0 Å². The molecule has 0 saturated carbocycles. The van der Waals surface area contributed by atoms with Gasteiger partial charge in [-0.2, -0.15) is 0 Å². The Kier molecular flexibility index (Phi) is 5.10. The molecule has 1 aromatic rings. The lowest BCUT2D eigenvalue weighted by molar-refractivity contribution is 0.415. The van der Waals surface area contributed by atoms with Crippen molar-refractivity contribution < 1.29 is 13.2 Å². The number of rotatable bonds is 5. The van der Waals surface area contributed by atoms with Gasteiger partial charge in [0.2, 0.25) is 0 Å². The Morgan fingerprint density at radius 1 is 1.32 bits per heavy atom. The number of hydrogen-bond donors (Lipinski definition) is 1. The smallest absolute Gasteiger partial charge is 0.156 e. The lowest BCUT2D eigenvalue weighted by atomic mass is 10.3. The fraction of sp³-hybridized carbons (Fsp3) is 0.538. The summed E-state index contributed by atoms with van der Waals surface area (Å²) < 4.78 is 28.2. The van der Waals surface area contributed by atoms with Crippen LogP contribution in [-0.2, 0) is 9.84 Å². The molecule has 0 saturated heterocycles. The second-order valence-electron chi connectivity index (χ2n) is 5.21. The highest BCUT2D eigenvalue weighted by Gasteiger charge is 2.28. The van der Waals surface area contributed by atoms with Crippen molar-refractivity contribution in [2.75, 3.05) is 24.7 Å². The van der Waals surface area contributed by atoms with Crippen molar-refractivity contribution in [2.45, 2.75) is 25.5 Å². The summed E-state index contributed by atoms with van der Waals surface area (Å²) >= 11 is 5.99. The largest absolute Gasteiger partial charge is 0.495 e. The second-order valence-corrected chi connectivity index (χ2v) is 8.48. The monoisotopic (exact) mass is 305 g/mol. The van der Waals surface area contributed by atoms with Gasteiger partial charge >= 0.3 is 0 Å². The van der Waals surface area contributed by atoms with Gasteiger partial charge < -0.3 is 10.1 Å². The first-order valence-electron chi connectivity index (χ1n) is 5.97. The number of ether oxygens (including phenoxy) is 1. The van der Waals surface area contributed by atoms with Gasteiger partial charge in [0.25, 0.3) is 0 Å². The number of halogens is 1. The molecule has 1 N–H and O–H groups in total. The molecule has 1 rings (SSSR count). The first kappa shape index (κ1) is 16.1. The van der Waals surface area contributed by atoms with E-state index in [9.17, 15) is 8.42 Å². The van der Waals surface area contributed by atoms with Gasteiger partial charge in [-0.25, -0.2) is 8.42 Å². The van der Waals surface area contributed by atoms with Crippen LogP contribution < -0.4 is 10.1 Å². The molecular formula is C13H20ClNO3S. The molecule has 0 spiro atoms. The highest BCUT2D eigenvalue weighted by Crippen LogP contribution is 2.27. The van der Waals surface area contributed by atoms with Crippen LogP contribution in [0.3, 0.4) is 0 Å². The van der Waals surface area contributed by atoms with Crippen molar-refractivity contribution in [2.24, 2.45) is 0 Å². The topological polar surface area (TPSA) is 55.4 Å². The van der Waals surface area contributed by atoms with E-state index in [4.69, 9.17) is 16.3 Å². The van der Waals surface area contributed by atoms with Gasteiger partial charge in [-0.1, -0.05) is 11.6 Å². The zero-order chi connectivity index (χ0) is 14.7. The number of hydrogen-bond acceptors (Lipinski definition) is 4. The summed E-state index contributed by atoms with van der Waals surface area (Å²) in [5.74, 6) is 0.676. The predicted molar refractivity (Wildman–Crippen MR) is 80.0 cm³/mol. The summed E-state index contributed by atoms with van der Waals surface area (Å²) in [6, 6.07) is 5.25. The van der Waals surface area contributed by atoms with E-state index in [0.29, 0.717) is 17.3 Å². The van der Waals surface area contributed by atoms with Gasteiger partial charge in [0.05, 0.1) is 22.6 Å². The van der Waals surface area contributed by atoms with Gasteiger partial charge in [-0.15, -0.1) is 0 Å². The van der Waals surface area contributed by atoms with E-state index in [0.717, 1.165) is 5.69 Å². The Bertz CT molecular complexity index is 535. The molecule has 6 heteroatoms. The number of sulfone groups is 1. The third kappa shape index (κ3) is 4.28. The number of nitrogens with one attached hydrogen (secondary N) is 1. The van der Waals surface area contributed by atoms with Crippen LogP contribution in [0.4, 0.5) is 5.69 Å². The fourth-order valence-electron chi connectivity index (χ4n) is 1.41. The zero-order valence-corrected chi connectivity index (χ0v) is 13.2. The zero-order valence-electron chi connectivity index (χ0n) is 11.7. The molecule has 0 atom stereocenters. The summed E-state index contributed by atoms with van der Waals surface area (Å²) in [6.07, 6.45) is 0. The van der Waals surface area contributed by atoms with Gasteiger partial charge in [-0.3, -0.25) is 0 Å². The van der Waals surface area contributed by atoms with Gasteiger partial charge in [0.1, 0.15) is 5.75 Å². The maximum Gasteiger partial charge on any atom is 0.156 e. The number of methoxy groups -OCH3 is 1. The van der Waals surface area contributed by atoms with Crippen molar-refractivity contribution in [1.29, 1.82) is 0 Å². The number of benzene rings is 1. The van der Waals surface area contributed by atoms with Crippen LogP contribution >= 0.6 is 11.6 Å². The molecule has 0 heterocycles. The molecule has 0 unspecified atom stereocenters. The van der Waals surface area contributed by atoms with Crippen molar-refractivity contribution in [3.05, 3.63) is 23.2 Å². The van der Waals surface area contributed by atoms with E-state index in [1.165, 1.54) is 0 Å². The van der Waals surface area contributed by atoms with Crippen LogP contribution in [0.15, 0.2) is 18.2 Å². The molecule has 0 aromatic heterocycles. The van der Waals surface area contributed by atoms with E-state index in [1.54, 1.807) is 46.1 Å². The quantitative estimate of drug-likeness (QED) is 0.908. The van der Waals surface area contributed by atoms with Crippen LogP contribution in [0.1, 0.15) is 20.8 Å². The fourth-order valence-corrected chi connectivity index (χ4v) is 2.65. The Morgan fingerprint density at radius 3 is 2.42 bits per heavy atom. The van der Waals surface area contributed by atoms with E-state index in [-0.39, 0.29) is 5.75 Å². The Morgan fingerprint density at radius 2 is 1.95 bits per heavy atom. The summed E-state index contributed by atoms with van der Waals surface area (Å²) in [5.41, 5.74) is 0.773. The maximum atomic E-state index is 11.9. The van der Waals surface area contributed by atoms with Crippen LogP contribution in [0.2, 0.25) is 5.02 Å². The van der Waals surface area contributed by atoms with E-state index in [1.807, 2.05) is 0 Å². The summed E-state index contributed by atoms with van der Waals surface area (Å²) in [6.45, 7) is 5.45. The molecule has 0 fully saturated rings. The van der Waals surface area contributed by atoms with E-state index >= 15 is 0 Å². The third-order valence-electron chi connectivity index (χ3n) is 2.78. The van der Waals surface area contributed by atoms with Crippen molar-refractivity contribution in [3.63, 3.8) is 0 Å². The molecule has 0 aliphatic heterocycles. The standard InChI is InChI=1S/C13H20ClNO3S/c1-13(2,3)19(16,17)8-7-15-10-5-6-12(18-4)11(14)9-10/h5-6,9,15H,7-8H2,1-4H3. The molecule has 1 aromatic carbocycles. The Labute approximate surface area is 120 Å². The van der Waals surface area contributed by atoms with E-state index in [2.05, 4.69) is 5.32 Å². The maximum absolute atomic E-state index is 11.9. The molecule has 19 heavy (non-hydrogen) atoms. The summed E-state index contributed by atoms with van der Waals surface area (Å²) in [4.78, 5) is 0. The van der Waals surface area contributed by atoms with Crippen molar-refractivity contribution in [3.8, 4) is 5.75 Å². The molecule has 0 amide bonds. The minimum atomic E-state index is -3.11. The minimum Gasteiger partial charge on any atom is -0.495 e. The van der Waals surface area contributed by atoms with Gasteiger partial charge in [0, 0.05) is 12.2 Å². The molecule has 0 radical (unpaired) electrons. The predicted octanol–water partition coefficient (Wildman–Crippen LogP) is 2.97. The molecular weight excluding hydrogens is 286 g/mol. The highest BCUT2D eigenvalue weighted by atomic mass is 35.5. The molecule has 0 bridgehead atoms. The second kappa shape index (κ2) is 6.01. The first-order chi connectivity index (χ1) is 8.67. The van der Waals surface area contributed by atoms with Crippen molar-refractivity contribution >= 4 is 27.1 Å². The average Bonchev–Trinajstić information content (AvgIpc) is 2.27. The van der Waals surface area contributed by atoms with Crippen LogP contribution in [0, 0.1) is 0 Å². The average molecular weight is 306 g/mol. The molecule has 108 valence electrons. The summed E-state index contributed by atoms with van der Waals surface area (Å²) in [7, 11) is -1.57. The SMILES string of the molecule is COc1ccc(NCCS(=O)(=O)C(C)(C)C)cc1Cl. The van der Waals surface area contributed by atoms with Crippen molar-refractivity contribution in [1.82, 2.24) is 0 Å². The Hall–Kier alpha value is -0.940. The van der Waals surface area contributed by atoms with E-state index < -0.39 is 14.6 Å². The molecule has 0 aliphatic carbocycles. The highest BCUT2D eigenvalue weighted by molar-refractivity contribution is 7.92. The number of anilines is 1. The van der Waals surface area contributed by atoms with Crippen LogP contribution in [0.5, 0.6) is 5.75 Å². The summed E-state index contributed by atoms with van der Waals surface area (Å²) in [5, 5.41) is 3.54. The normalized spacial score (nSPS) is 12.3. The minimum absolute atomic E-state index is 0.0835. The van der Waals surface area contributed by atoms with Crippen LogP contribution in [-0.4, -0.2) is 32.6 Å².